The maximum Gasteiger partial charge on any atom is 0.240 e. The fraction of sp³-hybridized carbons (Fsp3) is 0.625. The van der Waals surface area contributed by atoms with Crippen molar-refractivity contribution in [1.29, 1.82) is 0 Å². The van der Waals surface area contributed by atoms with Crippen LogP contribution in [0.15, 0.2) is 23.1 Å². The van der Waals surface area contributed by atoms with E-state index in [1.54, 1.807) is 18.2 Å². The first-order valence-electron chi connectivity index (χ1n) is 7.98. The van der Waals surface area contributed by atoms with Gasteiger partial charge in [-0.15, -0.1) is 0 Å². The number of hydrogen-bond acceptors (Lipinski definition) is 5. The summed E-state index contributed by atoms with van der Waals surface area (Å²) in [5, 5.41) is 0. The van der Waals surface area contributed by atoms with Crippen molar-refractivity contribution in [2.75, 3.05) is 39.5 Å². The van der Waals surface area contributed by atoms with Crippen LogP contribution in [0.25, 0.3) is 0 Å². The minimum Gasteiger partial charge on any atom is -0.494 e. The summed E-state index contributed by atoms with van der Waals surface area (Å²) in [6, 6.07) is 4.78. The van der Waals surface area contributed by atoms with Crippen LogP contribution in [-0.4, -0.2) is 58.8 Å². The van der Waals surface area contributed by atoms with Gasteiger partial charge in [0, 0.05) is 25.7 Å². The number of nitrogens with zero attached hydrogens (tertiary/aromatic N) is 1. The molecule has 1 fully saturated rings. The molecule has 0 unspecified atom stereocenters. The number of benzene rings is 1. The van der Waals surface area contributed by atoms with Crippen molar-refractivity contribution < 1.29 is 17.9 Å². The van der Waals surface area contributed by atoms with Gasteiger partial charge in [0.2, 0.25) is 10.0 Å². The Bertz CT molecular complexity index is 613. The van der Waals surface area contributed by atoms with Crippen LogP contribution in [0.1, 0.15) is 19.4 Å². The van der Waals surface area contributed by atoms with Crippen molar-refractivity contribution >= 4 is 10.0 Å². The molecule has 1 aromatic carbocycles. The number of rotatable bonds is 7. The highest BCUT2D eigenvalue weighted by Crippen LogP contribution is 2.22. The molecule has 1 aromatic rings. The molecule has 2 rings (SSSR count). The number of morpholine rings is 1. The van der Waals surface area contributed by atoms with Gasteiger partial charge < -0.3 is 9.47 Å². The van der Waals surface area contributed by atoms with Gasteiger partial charge >= 0.3 is 0 Å². The second-order valence-electron chi connectivity index (χ2n) is 5.80. The van der Waals surface area contributed by atoms with E-state index < -0.39 is 10.0 Å². The van der Waals surface area contributed by atoms with Gasteiger partial charge in [0.25, 0.3) is 0 Å². The van der Waals surface area contributed by atoms with Crippen molar-refractivity contribution in [3.05, 3.63) is 23.8 Å². The lowest BCUT2D eigenvalue weighted by atomic mass is 10.2. The summed E-state index contributed by atoms with van der Waals surface area (Å²) < 4.78 is 38.5. The molecular weight excluding hydrogens is 316 g/mol. The largest absolute Gasteiger partial charge is 0.494 e. The number of ether oxygens (including phenoxy) is 2. The molecule has 1 aliphatic heterocycles. The zero-order valence-electron chi connectivity index (χ0n) is 14.0. The molecule has 7 heteroatoms. The first-order chi connectivity index (χ1) is 10.9. The van der Waals surface area contributed by atoms with E-state index in [1.807, 2.05) is 20.8 Å². The Balaban J connectivity index is 2.01. The van der Waals surface area contributed by atoms with Gasteiger partial charge in [0.05, 0.1) is 24.7 Å². The highest BCUT2D eigenvalue weighted by atomic mass is 32.2. The topological polar surface area (TPSA) is 67.9 Å². The Kier molecular flexibility index (Phi) is 6.41. The number of hydrogen-bond donors (Lipinski definition) is 1. The maximum absolute atomic E-state index is 12.5. The molecular formula is C16H26N2O4S. The summed E-state index contributed by atoms with van der Waals surface area (Å²) in [6.45, 7) is 9.96. The maximum atomic E-state index is 12.5. The molecule has 23 heavy (non-hydrogen) atoms. The van der Waals surface area contributed by atoms with E-state index in [-0.39, 0.29) is 10.9 Å². The molecule has 0 aromatic heterocycles. The van der Waals surface area contributed by atoms with Crippen molar-refractivity contribution in [1.82, 2.24) is 9.62 Å². The molecule has 0 aliphatic carbocycles. The monoisotopic (exact) mass is 342 g/mol. The van der Waals surface area contributed by atoms with Crippen molar-refractivity contribution in [3.8, 4) is 5.75 Å². The van der Waals surface area contributed by atoms with E-state index in [2.05, 4.69) is 9.62 Å². The summed E-state index contributed by atoms with van der Waals surface area (Å²) in [7, 11) is -3.53. The third-order valence-corrected chi connectivity index (χ3v) is 5.34. The van der Waals surface area contributed by atoms with Crippen LogP contribution < -0.4 is 9.46 Å². The lowest BCUT2D eigenvalue weighted by molar-refractivity contribution is 0.0354. The summed E-state index contributed by atoms with van der Waals surface area (Å²) in [5.41, 5.74) is 0.815. The molecule has 0 spiro atoms. The molecule has 0 radical (unpaired) electrons. The van der Waals surface area contributed by atoms with Gasteiger partial charge in [-0.25, -0.2) is 13.1 Å². The molecule has 1 N–H and O–H groups in total. The first-order valence-corrected chi connectivity index (χ1v) is 9.46. The molecule has 1 atom stereocenters. The smallest absolute Gasteiger partial charge is 0.240 e. The minimum absolute atomic E-state index is 0.162. The van der Waals surface area contributed by atoms with Crippen LogP contribution in [0, 0.1) is 6.92 Å². The van der Waals surface area contributed by atoms with Crippen LogP contribution in [-0.2, 0) is 14.8 Å². The molecule has 1 saturated heterocycles. The van der Waals surface area contributed by atoms with Gasteiger partial charge in [-0.3, -0.25) is 4.90 Å². The van der Waals surface area contributed by atoms with Gasteiger partial charge in [-0.1, -0.05) is 0 Å². The third kappa shape index (κ3) is 5.17. The quantitative estimate of drug-likeness (QED) is 0.811. The number of nitrogens with one attached hydrogen (secondary N) is 1. The normalized spacial score (nSPS) is 17.9. The predicted octanol–water partition coefficient (Wildman–Crippen LogP) is 1.39. The van der Waals surface area contributed by atoms with Crippen LogP contribution in [0.4, 0.5) is 0 Å². The Morgan fingerprint density at radius 2 is 2.04 bits per heavy atom. The van der Waals surface area contributed by atoms with Crippen LogP contribution >= 0.6 is 0 Å². The van der Waals surface area contributed by atoms with Crippen molar-refractivity contribution in [2.24, 2.45) is 0 Å². The highest BCUT2D eigenvalue weighted by molar-refractivity contribution is 7.89. The van der Waals surface area contributed by atoms with Crippen LogP contribution in [0.2, 0.25) is 0 Å². The van der Waals surface area contributed by atoms with Crippen LogP contribution in [0.5, 0.6) is 5.75 Å². The van der Waals surface area contributed by atoms with E-state index in [0.29, 0.717) is 32.1 Å². The van der Waals surface area contributed by atoms with E-state index in [9.17, 15) is 8.42 Å². The zero-order chi connectivity index (χ0) is 16.9. The van der Waals surface area contributed by atoms with Gasteiger partial charge in [-0.05, 0) is 44.5 Å². The minimum atomic E-state index is -3.53. The first kappa shape index (κ1) is 18.2. The fourth-order valence-electron chi connectivity index (χ4n) is 2.65. The van der Waals surface area contributed by atoms with Crippen LogP contribution in [0.3, 0.4) is 0 Å². The molecule has 0 bridgehead atoms. The van der Waals surface area contributed by atoms with Gasteiger partial charge in [-0.2, -0.15) is 0 Å². The molecule has 1 heterocycles. The number of aryl methyl sites for hydroxylation is 1. The summed E-state index contributed by atoms with van der Waals surface area (Å²) >= 11 is 0. The molecule has 1 aliphatic rings. The molecule has 130 valence electrons. The Morgan fingerprint density at radius 3 is 2.65 bits per heavy atom. The summed E-state index contributed by atoms with van der Waals surface area (Å²) in [5.74, 6) is 0.716. The Labute approximate surface area is 138 Å². The Hall–Kier alpha value is -1.15. The predicted molar refractivity (Wildman–Crippen MR) is 89.4 cm³/mol. The second kappa shape index (κ2) is 8.10. The highest BCUT2D eigenvalue weighted by Gasteiger charge is 2.21. The SMILES string of the molecule is CCOc1ccc(S(=O)(=O)N[C@H](C)CN2CCOCC2)cc1C. The van der Waals surface area contributed by atoms with Crippen molar-refractivity contribution in [2.45, 2.75) is 31.7 Å². The molecule has 0 saturated carbocycles. The average Bonchev–Trinajstić information content (AvgIpc) is 2.49. The lowest BCUT2D eigenvalue weighted by Gasteiger charge is -2.29. The fourth-order valence-corrected chi connectivity index (χ4v) is 3.97. The lowest BCUT2D eigenvalue weighted by Crippen LogP contribution is -2.45. The van der Waals surface area contributed by atoms with E-state index in [1.165, 1.54) is 0 Å². The summed E-state index contributed by atoms with van der Waals surface area (Å²) in [6.07, 6.45) is 0. The van der Waals surface area contributed by atoms with E-state index >= 15 is 0 Å². The molecule has 0 amide bonds. The molecule has 6 nitrogen and oxygen atoms in total. The average molecular weight is 342 g/mol. The number of sulfonamides is 1. The van der Waals surface area contributed by atoms with E-state index in [4.69, 9.17) is 9.47 Å². The third-order valence-electron chi connectivity index (χ3n) is 3.75. The van der Waals surface area contributed by atoms with Gasteiger partial charge in [0.1, 0.15) is 5.75 Å². The van der Waals surface area contributed by atoms with Crippen molar-refractivity contribution in [3.63, 3.8) is 0 Å². The second-order valence-corrected chi connectivity index (χ2v) is 7.51. The van der Waals surface area contributed by atoms with E-state index in [0.717, 1.165) is 18.7 Å². The standard InChI is InChI=1S/C16H26N2O4S/c1-4-22-16-6-5-15(11-13(16)2)23(19,20)17-14(3)12-18-7-9-21-10-8-18/h5-6,11,14,17H,4,7-10,12H2,1-3H3/t14-/m1/s1. The van der Waals surface area contributed by atoms with Gasteiger partial charge in [0.15, 0.2) is 0 Å². The summed E-state index contributed by atoms with van der Waals surface area (Å²) in [4.78, 5) is 2.48. The zero-order valence-corrected chi connectivity index (χ0v) is 14.9. The Morgan fingerprint density at radius 1 is 1.35 bits per heavy atom.